The van der Waals surface area contributed by atoms with E-state index >= 15 is 0 Å². The van der Waals surface area contributed by atoms with Crippen molar-refractivity contribution in [3.8, 4) is 0 Å². The van der Waals surface area contributed by atoms with Crippen LogP contribution >= 0.6 is 0 Å². The number of aryl methyl sites for hydroxylation is 1. The summed E-state index contributed by atoms with van der Waals surface area (Å²) < 4.78 is 0. The van der Waals surface area contributed by atoms with Crippen LogP contribution in [0.1, 0.15) is 37.7 Å². The molecule has 1 saturated carbocycles. The van der Waals surface area contributed by atoms with Crippen LogP contribution in [0.5, 0.6) is 0 Å². The smallest absolute Gasteiger partial charge is 0.224 e. The molecule has 0 atom stereocenters. The van der Waals surface area contributed by atoms with Gasteiger partial charge in [-0.25, -0.2) is 0 Å². The van der Waals surface area contributed by atoms with Gasteiger partial charge >= 0.3 is 0 Å². The van der Waals surface area contributed by atoms with Crippen molar-refractivity contribution in [1.29, 1.82) is 0 Å². The molecule has 4 N–H and O–H groups in total. The first kappa shape index (κ1) is 14.1. The first-order valence-corrected chi connectivity index (χ1v) is 7.53. The number of hydrogen-bond donors (Lipinski definition) is 3. The Labute approximate surface area is 124 Å². The van der Waals surface area contributed by atoms with Crippen molar-refractivity contribution < 1.29 is 9.59 Å². The van der Waals surface area contributed by atoms with Gasteiger partial charge in [0.05, 0.1) is 0 Å². The lowest BCUT2D eigenvalue weighted by Crippen LogP contribution is -2.40. The van der Waals surface area contributed by atoms with Gasteiger partial charge < -0.3 is 16.4 Å². The molecule has 2 aliphatic rings. The fourth-order valence-corrected chi connectivity index (χ4v) is 3.14. The molecule has 1 aromatic rings. The largest absolute Gasteiger partial charge is 0.330 e. The SMILES string of the molecule is NCC1(CC(=O)Nc2ccc3c(c2)CCC(=O)N3)CCC1. The van der Waals surface area contributed by atoms with Gasteiger partial charge in [0.1, 0.15) is 0 Å². The molecule has 1 fully saturated rings. The Bertz CT molecular complexity index is 573. The molecule has 0 radical (unpaired) electrons. The molecule has 3 rings (SSSR count). The third-order valence-corrected chi connectivity index (χ3v) is 4.67. The van der Waals surface area contributed by atoms with Crippen molar-refractivity contribution in [3.05, 3.63) is 23.8 Å². The van der Waals surface area contributed by atoms with Crippen LogP contribution < -0.4 is 16.4 Å². The predicted molar refractivity (Wildman–Crippen MR) is 82.0 cm³/mol. The number of fused-ring (bicyclic) bond motifs is 1. The maximum atomic E-state index is 12.2. The molecule has 0 saturated heterocycles. The number of benzene rings is 1. The Morgan fingerprint density at radius 1 is 1.33 bits per heavy atom. The van der Waals surface area contributed by atoms with E-state index in [0.717, 1.165) is 36.2 Å². The molecule has 1 aliphatic carbocycles. The highest BCUT2D eigenvalue weighted by Crippen LogP contribution is 2.43. The summed E-state index contributed by atoms with van der Waals surface area (Å²) in [6.45, 7) is 0.580. The Morgan fingerprint density at radius 3 is 2.81 bits per heavy atom. The molecule has 0 unspecified atom stereocenters. The van der Waals surface area contributed by atoms with E-state index in [2.05, 4.69) is 10.6 Å². The Kier molecular flexibility index (Phi) is 3.68. The lowest BCUT2D eigenvalue weighted by molar-refractivity contribution is -0.119. The van der Waals surface area contributed by atoms with Crippen LogP contribution in [-0.4, -0.2) is 18.4 Å². The van der Waals surface area contributed by atoms with Crippen LogP contribution in [-0.2, 0) is 16.0 Å². The van der Waals surface area contributed by atoms with Crippen LogP contribution in [0.2, 0.25) is 0 Å². The zero-order chi connectivity index (χ0) is 14.9. The topological polar surface area (TPSA) is 84.2 Å². The standard InChI is InChI=1S/C16H21N3O2/c17-10-16(6-1-7-16)9-15(21)18-12-3-4-13-11(8-12)2-5-14(20)19-13/h3-4,8H,1-2,5-7,9-10,17H2,(H,18,21)(H,19,20). The summed E-state index contributed by atoms with van der Waals surface area (Å²) in [6, 6.07) is 5.63. The number of carbonyl (C=O) groups is 2. The van der Waals surface area contributed by atoms with E-state index in [1.165, 1.54) is 6.42 Å². The quantitative estimate of drug-likeness (QED) is 0.792. The molecular formula is C16H21N3O2. The van der Waals surface area contributed by atoms with Gasteiger partial charge in [-0.2, -0.15) is 0 Å². The number of nitrogens with two attached hydrogens (primary N) is 1. The number of hydrogen-bond acceptors (Lipinski definition) is 3. The average molecular weight is 287 g/mol. The maximum Gasteiger partial charge on any atom is 0.224 e. The van der Waals surface area contributed by atoms with Gasteiger partial charge in [0, 0.05) is 24.2 Å². The zero-order valence-corrected chi connectivity index (χ0v) is 12.1. The summed E-state index contributed by atoms with van der Waals surface area (Å²) in [5.74, 6) is 0.0779. The van der Waals surface area contributed by atoms with Crippen molar-refractivity contribution in [2.75, 3.05) is 17.2 Å². The van der Waals surface area contributed by atoms with Crippen molar-refractivity contribution in [2.24, 2.45) is 11.1 Å². The molecule has 0 spiro atoms. The van der Waals surface area contributed by atoms with Crippen LogP contribution in [0.4, 0.5) is 11.4 Å². The van der Waals surface area contributed by atoms with E-state index in [0.29, 0.717) is 19.4 Å². The molecule has 112 valence electrons. The van der Waals surface area contributed by atoms with Gasteiger partial charge in [-0.3, -0.25) is 9.59 Å². The van der Waals surface area contributed by atoms with Gasteiger partial charge in [-0.15, -0.1) is 0 Å². The number of carbonyl (C=O) groups excluding carboxylic acids is 2. The first-order chi connectivity index (χ1) is 10.1. The molecular weight excluding hydrogens is 266 g/mol. The lowest BCUT2D eigenvalue weighted by atomic mass is 9.66. The van der Waals surface area contributed by atoms with Crippen molar-refractivity contribution in [1.82, 2.24) is 0 Å². The van der Waals surface area contributed by atoms with Gasteiger partial charge in [-0.05, 0) is 55.0 Å². The minimum atomic E-state index is 0.0201. The molecule has 21 heavy (non-hydrogen) atoms. The number of nitrogens with one attached hydrogen (secondary N) is 2. The molecule has 0 bridgehead atoms. The number of anilines is 2. The van der Waals surface area contributed by atoms with Crippen molar-refractivity contribution in [2.45, 2.75) is 38.5 Å². The molecule has 2 amide bonds. The van der Waals surface area contributed by atoms with Gasteiger partial charge in [-0.1, -0.05) is 6.42 Å². The van der Waals surface area contributed by atoms with E-state index in [-0.39, 0.29) is 17.2 Å². The number of rotatable bonds is 4. The molecule has 0 aromatic heterocycles. The highest BCUT2D eigenvalue weighted by Gasteiger charge is 2.37. The molecule has 1 aromatic carbocycles. The van der Waals surface area contributed by atoms with Crippen LogP contribution in [0, 0.1) is 5.41 Å². The van der Waals surface area contributed by atoms with E-state index in [1.54, 1.807) is 0 Å². The fourth-order valence-electron chi connectivity index (χ4n) is 3.14. The Hall–Kier alpha value is -1.88. The van der Waals surface area contributed by atoms with E-state index in [1.807, 2.05) is 18.2 Å². The maximum absolute atomic E-state index is 12.2. The molecule has 5 nitrogen and oxygen atoms in total. The Morgan fingerprint density at radius 2 is 2.14 bits per heavy atom. The summed E-state index contributed by atoms with van der Waals surface area (Å²) in [7, 11) is 0. The second-order valence-corrected chi connectivity index (χ2v) is 6.20. The highest BCUT2D eigenvalue weighted by molar-refractivity contribution is 5.95. The lowest BCUT2D eigenvalue weighted by Gasteiger charge is -2.40. The van der Waals surface area contributed by atoms with Gasteiger partial charge in [0.2, 0.25) is 11.8 Å². The third-order valence-electron chi connectivity index (χ3n) is 4.67. The van der Waals surface area contributed by atoms with Crippen molar-refractivity contribution in [3.63, 3.8) is 0 Å². The van der Waals surface area contributed by atoms with E-state index in [9.17, 15) is 9.59 Å². The summed E-state index contributed by atoms with van der Waals surface area (Å²) >= 11 is 0. The van der Waals surface area contributed by atoms with E-state index in [4.69, 9.17) is 5.73 Å². The number of amides is 2. The molecule has 5 heteroatoms. The summed E-state index contributed by atoms with van der Waals surface area (Å²) in [5.41, 5.74) is 8.53. The van der Waals surface area contributed by atoms with E-state index < -0.39 is 0 Å². The zero-order valence-electron chi connectivity index (χ0n) is 12.1. The minimum Gasteiger partial charge on any atom is -0.330 e. The monoisotopic (exact) mass is 287 g/mol. The third kappa shape index (κ3) is 2.93. The summed E-state index contributed by atoms with van der Waals surface area (Å²) in [4.78, 5) is 23.5. The molecule has 1 heterocycles. The second-order valence-electron chi connectivity index (χ2n) is 6.20. The highest BCUT2D eigenvalue weighted by atomic mass is 16.2. The summed E-state index contributed by atoms with van der Waals surface area (Å²) in [6.07, 6.45) is 4.99. The fraction of sp³-hybridized carbons (Fsp3) is 0.500. The summed E-state index contributed by atoms with van der Waals surface area (Å²) in [5, 5.41) is 5.79. The van der Waals surface area contributed by atoms with Crippen LogP contribution in [0.25, 0.3) is 0 Å². The van der Waals surface area contributed by atoms with Crippen LogP contribution in [0.3, 0.4) is 0 Å². The Balaban J connectivity index is 1.65. The minimum absolute atomic E-state index is 0.0201. The second kappa shape index (κ2) is 5.48. The van der Waals surface area contributed by atoms with Crippen LogP contribution in [0.15, 0.2) is 18.2 Å². The average Bonchev–Trinajstić information content (AvgIpc) is 2.43. The van der Waals surface area contributed by atoms with Gasteiger partial charge in [0.25, 0.3) is 0 Å². The van der Waals surface area contributed by atoms with Crippen molar-refractivity contribution >= 4 is 23.2 Å². The predicted octanol–water partition coefficient (Wildman–Crippen LogP) is 2.03. The normalized spacial score (nSPS) is 19.2. The molecule has 1 aliphatic heterocycles. The first-order valence-electron chi connectivity index (χ1n) is 7.53. The van der Waals surface area contributed by atoms with Gasteiger partial charge in [0.15, 0.2) is 0 Å².